The number of alkyl halides is 2. The number of halogens is 2. The summed E-state index contributed by atoms with van der Waals surface area (Å²) in [6, 6.07) is 5.95. The third kappa shape index (κ3) is 6.32. The summed E-state index contributed by atoms with van der Waals surface area (Å²) in [5, 5.41) is 10.1. The van der Waals surface area contributed by atoms with Gasteiger partial charge in [0.05, 0.1) is 6.10 Å². The Balaban J connectivity index is 1.70. The van der Waals surface area contributed by atoms with E-state index in [0.717, 1.165) is 12.3 Å². The zero-order valence-electron chi connectivity index (χ0n) is 19.5. The molecule has 0 amide bonds. The maximum Gasteiger partial charge on any atom is 0.395 e. The number of aliphatic hydroxyl groups is 1. The van der Waals surface area contributed by atoms with Crippen LogP contribution < -0.4 is 25.6 Å². The predicted octanol–water partition coefficient (Wildman–Crippen LogP) is 1.37. The van der Waals surface area contributed by atoms with Crippen molar-refractivity contribution in [3.05, 3.63) is 47.0 Å². The Labute approximate surface area is 205 Å². The minimum Gasteiger partial charge on any atom is -0.575 e. The van der Waals surface area contributed by atoms with Gasteiger partial charge in [-0.25, -0.2) is 9.59 Å². The second-order valence-corrected chi connectivity index (χ2v) is 8.94. The molecule has 3 N–H and O–H groups in total. The maximum atomic E-state index is 14.7. The monoisotopic (exact) mass is 530 g/mol. The van der Waals surface area contributed by atoms with Crippen molar-refractivity contribution < 1.29 is 42.3 Å². The van der Waals surface area contributed by atoms with E-state index in [1.807, 2.05) is 0 Å². The molecule has 1 aromatic heterocycles. The third-order valence-electron chi connectivity index (χ3n) is 4.87. The van der Waals surface area contributed by atoms with E-state index in [0.29, 0.717) is 4.57 Å². The molecule has 36 heavy (non-hydrogen) atoms. The second-order valence-electron chi connectivity index (χ2n) is 8.05. The Kier molecular flexibility index (Phi) is 8.56. The summed E-state index contributed by atoms with van der Waals surface area (Å²) in [4.78, 5) is 39.5. The van der Waals surface area contributed by atoms with Crippen LogP contribution in [-0.4, -0.2) is 57.5 Å². The number of carbonyl (C=O) groups excluding carboxylic acids is 1. The predicted molar refractivity (Wildman–Crippen MR) is 120 cm³/mol. The number of nitrogens with zero attached hydrogens (tertiary/aromatic N) is 3. The summed E-state index contributed by atoms with van der Waals surface area (Å²) >= 11 is 0. The summed E-state index contributed by atoms with van der Waals surface area (Å²) < 4.78 is 54.6. The highest BCUT2D eigenvalue weighted by Gasteiger charge is 2.60. The van der Waals surface area contributed by atoms with Crippen LogP contribution in [0.2, 0.25) is 0 Å². The molecule has 12 nitrogen and oxygen atoms in total. The van der Waals surface area contributed by atoms with Crippen molar-refractivity contribution in [2.45, 2.75) is 57.3 Å². The van der Waals surface area contributed by atoms with Crippen LogP contribution in [0, 0.1) is 0 Å². The highest BCUT2D eigenvalue weighted by molar-refractivity contribution is 7.34. The molecule has 0 bridgehead atoms. The number of ether oxygens (including phenoxy) is 3. The zero-order valence-corrected chi connectivity index (χ0v) is 20.4. The van der Waals surface area contributed by atoms with Crippen LogP contribution in [0.3, 0.4) is 0 Å². The number of esters is 1. The van der Waals surface area contributed by atoms with Crippen molar-refractivity contribution in [1.82, 2.24) is 9.55 Å². The van der Waals surface area contributed by atoms with Gasteiger partial charge >= 0.3 is 25.7 Å². The van der Waals surface area contributed by atoms with Gasteiger partial charge in [0.15, 0.2) is 17.9 Å². The number of anilines is 1. The summed E-state index contributed by atoms with van der Waals surface area (Å²) in [5.41, 5.74) is 4.31. The molecule has 0 radical (unpaired) electrons. The van der Waals surface area contributed by atoms with Gasteiger partial charge in [-0.3, -0.25) is 9.09 Å². The van der Waals surface area contributed by atoms with E-state index in [1.54, 1.807) is 13.8 Å². The average molecular weight is 530 g/mol. The molecule has 2 aromatic rings. The molecule has 1 aliphatic heterocycles. The lowest BCUT2D eigenvalue weighted by molar-refractivity contribution is -0.170. The molecule has 0 saturated carbocycles. The molecule has 0 aliphatic carbocycles. The van der Waals surface area contributed by atoms with Gasteiger partial charge in [0.2, 0.25) is 12.0 Å². The molecule has 1 unspecified atom stereocenters. The van der Waals surface area contributed by atoms with Crippen LogP contribution in [0.15, 0.2) is 46.1 Å². The van der Waals surface area contributed by atoms with Crippen molar-refractivity contribution in [3.8, 4) is 11.5 Å². The minimum absolute atomic E-state index is 0.0117. The lowest BCUT2D eigenvalue weighted by Gasteiger charge is -2.20. The Morgan fingerprint density at radius 3 is 2.64 bits per heavy atom. The van der Waals surface area contributed by atoms with Crippen molar-refractivity contribution in [1.29, 1.82) is 0 Å². The van der Waals surface area contributed by atoms with Crippen LogP contribution in [-0.2, 0) is 14.3 Å². The van der Waals surface area contributed by atoms with E-state index in [4.69, 9.17) is 24.5 Å². The molecule has 2 heterocycles. The number of benzene rings is 1. The smallest absolute Gasteiger partial charge is 0.395 e. The molecule has 1 aliphatic rings. The standard InChI is InChI=1S/C21H25F2N4O8P/c1-11(2)33-18(29)12(3)26-36(31)35-14-7-5-4-6-13(14)32-10-15-17(28)21(22,23)19(34-15)27-9-8-16(24)25-20(27)30/h4-9,11-12,15,17,19,28H,10H2,1-3H3,(H2,24,25,30)/t12-,15+,17+,19+/m0/s1. The molecule has 196 valence electrons. The first-order valence-corrected chi connectivity index (χ1v) is 11.9. The Bertz CT molecular complexity index is 1180. The first-order valence-electron chi connectivity index (χ1n) is 10.7. The summed E-state index contributed by atoms with van der Waals surface area (Å²) in [6.07, 6.45) is -5.40. The molecule has 3 rings (SSSR count). The summed E-state index contributed by atoms with van der Waals surface area (Å²) in [7, 11) is -2.72. The van der Waals surface area contributed by atoms with Crippen LogP contribution in [0.25, 0.3) is 0 Å². The molecule has 15 heteroatoms. The van der Waals surface area contributed by atoms with Gasteiger partial charge in [-0.1, -0.05) is 16.9 Å². The van der Waals surface area contributed by atoms with Crippen molar-refractivity contribution in [2.24, 2.45) is 4.74 Å². The second kappa shape index (κ2) is 11.2. The van der Waals surface area contributed by atoms with Crippen LogP contribution in [0.5, 0.6) is 11.5 Å². The number of aromatic nitrogens is 2. The SMILES string of the molecule is CC(C)OC(=O)[C@H](C)N=[P+]([O-])Oc1ccccc1OC[C@H]1O[C@@H](n2ccc(N)nc2=O)C(F)(F)[C@@H]1O. The minimum atomic E-state index is -3.85. The van der Waals surface area contributed by atoms with Gasteiger partial charge in [-0.15, -0.1) is 0 Å². The van der Waals surface area contributed by atoms with Gasteiger partial charge in [0.25, 0.3) is 0 Å². The van der Waals surface area contributed by atoms with Crippen molar-refractivity contribution >= 4 is 20.0 Å². The Morgan fingerprint density at radius 2 is 2.00 bits per heavy atom. The molecule has 1 aromatic carbocycles. The van der Waals surface area contributed by atoms with Gasteiger partial charge in [-0.2, -0.15) is 13.8 Å². The highest BCUT2D eigenvalue weighted by atomic mass is 31.1. The molecular formula is C21H25F2N4O8P. The number of hydrogen-bond donors (Lipinski definition) is 2. The fourth-order valence-corrected chi connectivity index (χ4v) is 3.90. The van der Waals surface area contributed by atoms with Crippen molar-refractivity contribution in [3.63, 3.8) is 0 Å². The number of hydrogen-bond acceptors (Lipinski definition) is 11. The number of nitrogen functional groups attached to an aromatic ring is 1. The van der Waals surface area contributed by atoms with E-state index in [-0.39, 0.29) is 23.4 Å². The van der Waals surface area contributed by atoms with Gasteiger partial charge in [0.1, 0.15) is 18.5 Å². The first-order chi connectivity index (χ1) is 16.9. The van der Waals surface area contributed by atoms with Gasteiger partial charge in [-0.05, 0) is 39.0 Å². The fourth-order valence-electron chi connectivity index (χ4n) is 3.15. The highest BCUT2D eigenvalue weighted by Crippen LogP contribution is 2.42. The first kappa shape index (κ1) is 27.4. The van der Waals surface area contributed by atoms with E-state index in [1.165, 1.54) is 31.2 Å². The zero-order chi connectivity index (χ0) is 26.6. The Morgan fingerprint density at radius 1 is 1.33 bits per heavy atom. The van der Waals surface area contributed by atoms with Crippen molar-refractivity contribution in [2.75, 3.05) is 12.3 Å². The molecule has 1 saturated heterocycles. The van der Waals surface area contributed by atoms with E-state index in [2.05, 4.69) is 9.73 Å². The van der Waals surface area contributed by atoms with E-state index < -0.39 is 56.8 Å². The van der Waals surface area contributed by atoms with E-state index in [9.17, 15) is 28.4 Å². The number of aliphatic hydroxyl groups excluding tert-OH is 1. The number of nitrogens with two attached hydrogens (primary N) is 1. The van der Waals surface area contributed by atoms with Gasteiger partial charge in [0, 0.05) is 6.20 Å². The fraction of sp³-hybridized carbons (Fsp3) is 0.476. The van der Waals surface area contributed by atoms with E-state index >= 15 is 0 Å². The number of para-hydroxylation sites is 2. The molecular weight excluding hydrogens is 505 g/mol. The largest absolute Gasteiger partial charge is 0.575 e. The van der Waals surface area contributed by atoms with Crippen LogP contribution in [0.4, 0.5) is 14.6 Å². The number of rotatable bonds is 9. The Hall–Kier alpha value is -3.19. The number of carbonyl (C=O) groups is 1. The third-order valence-corrected chi connectivity index (χ3v) is 5.76. The topological polar surface area (TPSA) is 171 Å². The normalized spacial score (nSPS) is 22.3. The quantitative estimate of drug-likeness (QED) is 0.356. The lowest BCUT2D eigenvalue weighted by Crippen LogP contribution is -2.42. The summed E-state index contributed by atoms with van der Waals surface area (Å²) in [6.45, 7) is 4.13. The molecule has 0 spiro atoms. The summed E-state index contributed by atoms with van der Waals surface area (Å²) in [5.74, 6) is -4.76. The average Bonchev–Trinajstić information content (AvgIpc) is 3.01. The van der Waals surface area contributed by atoms with Gasteiger partial charge < -0.3 is 29.9 Å². The molecule has 1 fully saturated rings. The van der Waals surface area contributed by atoms with Crippen LogP contribution >= 0.6 is 8.17 Å². The molecule has 5 atom stereocenters. The lowest BCUT2D eigenvalue weighted by atomic mass is 10.1. The maximum absolute atomic E-state index is 14.7. The van der Waals surface area contributed by atoms with Crippen LogP contribution in [0.1, 0.15) is 27.0 Å².